The molecule has 2 saturated carbocycles. The predicted octanol–water partition coefficient (Wildman–Crippen LogP) is 7.69. The molecule has 1 aliphatic heterocycles. The Labute approximate surface area is 204 Å². The van der Waals surface area contributed by atoms with Gasteiger partial charge in [0.1, 0.15) is 5.60 Å². The highest BCUT2D eigenvalue weighted by Crippen LogP contribution is 2.42. The van der Waals surface area contributed by atoms with Gasteiger partial charge in [-0.2, -0.15) is 0 Å². The van der Waals surface area contributed by atoms with E-state index in [1.54, 1.807) is 0 Å². The Morgan fingerprint density at radius 1 is 0.939 bits per heavy atom. The molecule has 3 rings (SSSR count). The summed E-state index contributed by atoms with van der Waals surface area (Å²) in [6, 6.07) is 0.304. The zero-order valence-corrected chi connectivity index (χ0v) is 22.5. The highest BCUT2D eigenvalue weighted by atomic mass is 16.6. The molecule has 1 unspecified atom stereocenters. The van der Waals surface area contributed by atoms with Gasteiger partial charge < -0.3 is 15.4 Å². The van der Waals surface area contributed by atoms with E-state index in [0.717, 1.165) is 43.6 Å². The number of carbonyl (C=O) groups excluding carboxylic acids is 1. The van der Waals surface area contributed by atoms with E-state index in [1.807, 2.05) is 25.7 Å². The number of carbonyl (C=O) groups is 1. The van der Waals surface area contributed by atoms with Crippen molar-refractivity contribution in [1.29, 1.82) is 0 Å². The maximum atomic E-state index is 12.7. The number of amides is 1. The lowest BCUT2D eigenvalue weighted by Crippen LogP contribution is -2.45. The summed E-state index contributed by atoms with van der Waals surface area (Å²) >= 11 is 0. The van der Waals surface area contributed by atoms with Gasteiger partial charge in [-0.3, -0.25) is 0 Å². The van der Waals surface area contributed by atoms with E-state index in [2.05, 4.69) is 13.8 Å². The van der Waals surface area contributed by atoms with Gasteiger partial charge in [0.2, 0.25) is 0 Å². The van der Waals surface area contributed by atoms with Crippen molar-refractivity contribution < 1.29 is 9.53 Å². The van der Waals surface area contributed by atoms with Crippen molar-refractivity contribution in [2.24, 2.45) is 29.4 Å². The maximum absolute atomic E-state index is 12.7. The third kappa shape index (κ3) is 8.15. The van der Waals surface area contributed by atoms with Crippen molar-refractivity contribution in [2.45, 2.75) is 148 Å². The van der Waals surface area contributed by atoms with Crippen LogP contribution in [0.15, 0.2) is 0 Å². The molecule has 4 nitrogen and oxygen atoms in total. The molecular formula is C29H54N2O2. The van der Waals surface area contributed by atoms with Crippen LogP contribution in [0.25, 0.3) is 0 Å². The Hall–Kier alpha value is -0.770. The third-order valence-electron chi connectivity index (χ3n) is 8.90. The lowest BCUT2D eigenvalue weighted by molar-refractivity contribution is 0.0131. The normalized spacial score (nSPS) is 26.0. The van der Waals surface area contributed by atoms with Gasteiger partial charge >= 0.3 is 6.09 Å². The van der Waals surface area contributed by atoms with Crippen LogP contribution < -0.4 is 5.73 Å². The SMILES string of the molecule is CC(C)(C)OC(=O)N1C[C@@H](CCC(N)CCC(C2CCCCC2)C2CCCCC2)CC1(C)C. The molecule has 2 atom stereocenters. The molecule has 192 valence electrons. The molecule has 2 N–H and O–H groups in total. The first-order valence-corrected chi connectivity index (χ1v) is 14.3. The van der Waals surface area contributed by atoms with Gasteiger partial charge in [-0.15, -0.1) is 0 Å². The fourth-order valence-corrected chi connectivity index (χ4v) is 7.20. The van der Waals surface area contributed by atoms with Crippen LogP contribution in [-0.4, -0.2) is 34.7 Å². The van der Waals surface area contributed by atoms with Crippen molar-refractivity contribution in [2.75, 3.05) is 6.54 Å². The lowest BCUT2D eigenvalue weighted by atomic mass is 9.67. The Morgan fingerprint density at radius 3 is 2.00 bits per heavy atom. The van der Waals surface area contributed by atoms with Gasteiger partial charge in [0.15, 0.2) is 0 Å². The summed E-state index contributed by atoms with van der Waals surface area (Å²) < 4.78 is 5.67. The molecule has 0 aromatic carbocycles. The average Bonchev–Trinajstić information content (AvgIpc) is 3.07. The minimum Gasteiger partial charge on any atom is -0.444 e. The first-order valence-electron chi connectivity index (χ1n) is 14.3. The van der Waals surface area contributed by atoms with Crippen molar-refractivity contribution in [3.63, 3.8) is 0 Å². The van der Waals surface area contributed by atoms with E-state index in [4.69, 9.17) is 10.5 Å². The van der Waals surface area contributed by atoms with E-state index >= 15 is 0 Å². The topological polar surface area (TPSA) is 55.6 Å². The van der Waals surface area contributed by atoms with E-state index in [9.17, 15) is 4.79 Å². The van der Waals surface area contributed by atoms with Gasteiger partial charge in [-0.1, -0.05) is 64.2 Å². The van der Waals surface area contributed by atoms with Crippen LogP contribution in [-0.2, 0) is 4.74 Å². The van der Waals surface area contributed by atoms with E-state index in [1.165, 1.54) is 77.0 Å². The summed E-state index contributed by atoms with van der Waals surface area (Å²) in [5.74, 6) is 3.38. The van der Waals surface area contributed by atoms with Crippen molar-refractivity contribution >= 4 is 6.09 Å². The first-order chi connectivity index (χ1) is 15.5. The van der Waals surface area contributed by atoms with Gasteiger partial charge in [0.25, 0.3) is 0 Å². The number of rotatable bonds is 8. The number of likely N-dealkylation sites (tertiary alicyclic amines) is 1. The summed E-state index contributed by atoms with van der Waals surface area (Å²) in [7, 11) is 0. The minimum absolute atomic E-state index is 0.135. The number of ether oxygens (including phenoxy) is 1. The van der Waals surface area contributed by atoms with Crippen LogP contribution in [0.3, 0.4) is 0 Å². The van der Waals surface area contributed by atoms with Crippen LogP contribution in [0.5, 0.6) is 0 Å². The molecule has 1 saturated heterocycles. The van der Waals surface area contributed by atoms with Crippen LogP contribution in [0, 0.1) is 23.7 Å². The van der Waals surface area contributed by atoms with Crippen LogP contribution in [0.4, 0.5) is 4.79 Å². The molecule has 3 aliphatic rings. The molecule has 0 spiro atoms. The zero-order valence-electron chi connectivity index (χ0n) is 22.5. The van der Waals surface area contributed by atoms with E-state index < -0.39 is 5.60 Å². The summed E-state index contributed by atoms with van der Waals surface area (Å²) in [6.45, 7) is 11.0. The Bertz CT molecular complexity index is 581. The van der Waals surface area contributed by atoms with Crippen LogP contribution >= 0.6 is 0 Å². The smallest absolute Gasteiger partial charge is 0.410 e. The second kappa shape index (κ2) is 11.8. The molecule has 1 amide bonds. The minimum atomic E-state index is -0.444. The highest BCUT2D eigenvalue weighted by molar-refractivity contribution is 5.69. The van der Waals surface area contributed by atoms with E-state index in [-0.39, 0.29) is 11.6 Å². The number of nitrogens with two attached hydrogens (primary N) is 1. The quantitative estimate of drug-likeness (QED) is 0.402. The monoisotopic (exact) mass is 462 g/mol. The summed E-state index contributed by atoms with van der Waals surface area (Å²) in [4.78, 5) is 14.7. The number of nitrogens with zero attached hydrogens (tertiary/aromatic N) is 1. The summed E-state index contributed by atoms with van der Waals surface area (Å²) in [5.41, 5.74) is 6.12. The van der Waals surface area contributed by atoms with Gasteiger partial charge in [0.05, 0.1) is 0 Å². The number of hydrogen-bond donors (Lipinski definition) is 1. The largest absolute Gasteiger partial charge is 0.444 e. The van der Waals surface area contributed by atoms with E-state index in [0.29, 0.717) is 12.0 Å². The zero-order chi connectivity index (χ0) is 24.1. The molecular weight excluding hydrogens is 408 g/mol. The fraction of sp³-hybridized carbons (Fsp3) is 0.966. The molecule has 0 bridgehead atoms. The van der Waals surface area contributed by atoms with Crippen LogP contribution in [0.1, 0.15) is 131 Å². The van der Waals surface area contributed by atoms with Crippen LogP contribution in [0.2, 0.25) is 0 Å². The molecule has 3 fully saturated rings. The maximum Gasteiger partial charge on any atom is 0.410 e. The molecule has 0 aromatic heterocycles. The van der Waals surface area contributed by atoms with Crippen molar-refractivity contribution in [3.05, 3.63) is 0 Å². The van der Waals surface area contributed by atoms with Gasteiger partial charge in [-0.05, 0) is 90.4 Å². The standard InChI is InChI=1S/C29H54N2O2/c1-28(2,3)33-27(32)31-21-22(20-29(31,4)5)16-17-25(30)18-19-26(23-12-8-6-9-13-23)24-14-10-7-11-15-24/h22-26H,6-21,30H2,1-5H3/t22-,25?/m0/s1. The molecule has 2 aliphatic carbocycles. The second-order valence-corrected chi connectivity index (χ2v) is 13.3. The summed E-state index contributed by atoms with van der Waals surface area (Å²) in [5, 5.41) is 0. The Kier molecular flexibility index (Phi) is 9.57. The fourth-order valence-electron chi connectivity index (χ4n) is 7.20. The van der Waals surface area contributed by atoms with Crippen molar-refractivity contribution in [1.82, 2.24) is 4.90 Å². The molecule has 33 heavy (non-hydrogen) atoms. The van der Waals surface area contributed by atoms with Crippen molar-refractivity contribution in [3.8, 4) is 0 Å². The molecule has 1 heterocycles. The molecule has 0 aromatic rings. The Balaban J connectivity index is 1.46. The summed E-state index contributed by atoms with van der Waals surface area (Å²) in [6.07, 6.45) is 20.2. The predicted molar refractivity (Wildman–Crippen MR) is 138 cm³/mol. The van der Waals surface area contributed by atoms with Gasteiger partial charge in [-0.25, -0.2) is 4.79 Å². The average molecular weight is 463 g/mol. The Morgan fingerprint density at radius 2 is 1.48 bits per heavy atom. The lowest BCUT2D eigenvalue weighted by Gasteiger charge is -2.38. The third-order valence-corrected chi connectivity index (χ3v) is 8.90. The first kappa shape index (κ1) is 26.8. The molecule has 0 radical (unpaired) electrons. The van der Waals surface area contributed by atoms with Gasteiger partial charge in [0, 0.05) is 18.1 Å². The molecule has 4 heteroatoms. The highest BCUT2D eigenvalue weighted by Gasteiger charge is 2.42. The number of hydrogen-bond acceptors (Lipinski definition) is 3. The second-order valence-electron chi connectivity index (χ2n) is 13.3.